The Labute approximate surface area is 192 Å². The van der Waals surface area contributed by atoms with Gasteiger partial charge in [-0.15, -0.1) is 0 Å². The summed E-state index contributed by atoms with van der Waals surface area (Å²) >= 11 is 1.35. The Morgan fingerprint density at radius 1 is 0.710 bits per heavy atom. The Morgan fingerprint density at radius 3 is 1.29 bits per heavy atom. The quantitative estimate of drug-likeness (QED) is 0.358. The van der Waals surface area contributed by atoms with Gasteiger partial charge in [0.2, 0.25) is 0 Å². The average Bonchev–Trinajstić information content (AvgIpc) is 3.32. The number of ether oxygens (including phenoxy) is 2. The van der Waals surface area contributed by atoms with E-state index in [1.54, 1.807) is 0 Å². The Morgan fingerprint density at radius 2 is 1.19 bits per heavy atom. The molecule has 9 nitrogen and oxygen atoms in total. The predicted octanol–water partition coefficient (Wildman–Crippen LogP) is 4.41. The van der Waals surface area contributed by atoms with Gasteiger partial charge in [0.1, 0.15) is 13.2 Å². The maximum absolute atomic E-state index is 10.1. The van der Waals surface area contributed by atoms with Gasteiger partial charge in [-0.3, -0.25) is 4.79 Å². The molecule has 3 saturated heterocycles. The van der Waals surface area contributed by atoms with E-state index in [-0.39, 0.29) is 17.9 Å². The molecule has 3 rings (SSSR count). The summed E-state index contributed by atoms with van der Waals surface area (Å²) in [5, 5.41) is 7.38. The van der Waals surface area contributed by atoms with Crippen LogP contribution >= 0.6 is 11.8 Å². The monoisotopic (exact) mass is 465 g/mol. The first-order chi connectivity index (χ1) is 14.3. The van der Waals surface area contributed by atoms with Gasteiger partial charge in [0.15, 0.2) is 0 Å². The summed E-state index contributed by atoms with van der Waals surface area (Å²) < 4.78 is 8.38. The van der Waals surface area contributed by atoms with E-state index in [1.807, 2.05) is 0 Å². The van der Waals surface area contributed by atoms with Gasteiger partial charge in [-0.2, -0.15) is 0 Å². The number of nitrogens with one attached hydrogen (secondary N) is 3. The Bertz CT molecular complexity index is 427. The van der Waals surface area contributed by atoms with Gasteiger partial charge in [-0.1, -0.05) is 74.1 Å². The van der Waals surface area contributed by atoms with Crippen LogP contribution in [0.1, 0.15) is 62.3 Å². The molecule has 184 valence electrons. The van der Waals surface area contributed by atoms with Gasteiger partial charge in [-0.05, 0) is 17.8 Å². The first-order valence-corrected chi connectivity index (χ1v) is 11.6. The number of carbonyl (C=O) groups is 4. The van der Waals surface area contributed by atoms with E-state index in [4.69, 9.17) is 0 Å². The van der Waals surface area contributed by atoms with Crippen LogP contribution in [0.5, 0.6) is 0 Å². The van der Waals surface area contributed by atoms with Gasteiger partial charge >= 0.3 is 18.2 Å². The van der Waals surface area contributed by atoms with E-state index in [0.29, 0.717) is 13.2 Å². The zero-order valence-electron chi connectivity index (χ0n) is 20.6. The van der Waals surface area contributed by atoms with Gasteiger partial charge in [0.25, 0.3) is 5.24 Å². The molecule has 0 aliphatic carbocycles. The normalized spacial score (nSPS) is 15.6. The fourth-order valence-electron chi connectivity index (χ4n) is 1.02. The molecule has 3 amide bonds. The lowest BCUT2D eigenvalue weighted by Gasteiger charge is -1.80. The molecular weight excluding hydrogens is 422 g/mol. The summed E-state index contributed by atoms with van der Waals surface area (Å²) in [6.07, 6.45) is -0.944. The van der Waals surface area contributed by atoms with Crippen molar-refractivity contribution in [3.63, 3.8) is 0 Å². The molecule has 3 fully saturated rings. The summed E-state index contributed by atoms with van der Waals surface area (Å²) in [4.78, 5) is 39.9. The van der Waals surface area contributed by atoms with Crippen molar-refractivity contribution in [1.82, 2.24) is 16.0 Å². The SMILES string of the molecule is CC(C)C.CC(C)C.CC(C)C.O=C1CNC(=O)O1.O=C1NCCO1.O=C1NCCS1. The van der Waals surface area contributed by atoms with Crippen LogP contribution in [0.25, 0.3) is 0 Å². The molecule has 3 aliphatic rings. The van der Waals surface area contributed by atoms with Crippen molar-refractivity contribution >= 4 is 35.2 Å². The number of thioether (sulfide) groups is 1. The van der Waals surface area contributed by atoms with Crippen LogP contribution < -0.4 is 16.0 Å². The lowest BCUT2D eigenvalue weighted by molar-refractivity contribution is -0.132. The first kappa shape index (κ1) is 33.7. The molecule has 0 aromatic rings. The number of rotatable bonds is 0. The molecule has 3 aliphatic heterocycles. The largest absolute Gasteiger partial charge is 0.448 e. The number of alkyl carbamates (subject to hydrolysis) is 2. The van der Waals surface area contributed by atoms with E-state index in [1.165, 1.54) is 11.8 Å². The number of hydrogen-bond donors (Lipinski definition) is 3. The van der Waals surface area contributed by atoms with Crippen molar-refractivity contribution in [2.24, 2.45) is 17.8 Å². The molecular formula is C21H43N3O6S. The van der Waals surface area contributed by atoms with Crippen molar-refractivity contribution in [1.29, 1.82) is 0 Å². The minimum absolute atomic E-state index is 0.0127. The van der Waals surface area contributed by atoms with Crippen molar-refractivity contribution < 1.29 is 28.7 Å². The van der Waals surface area contributed by atoms with Crippen LogP contribution in [0.2, 0.25) is 0 Å². The second-order valence-corrected chi connectivity index (χ2v) is 9.50. The van der Waals surface area contributed by atoms with E-state index >= 15 is 0 Å². The van der Waals surface area contributed by atoms with Gasteiger partial charge < -0.3 is 25.4 Å². The van der Waals surface area contributed by atoms with E-state index < -0.39 is 12.1 Å². The fourth-order valence-corrected chi connectivity index (χ4v) is 1.61. The van der Waals surface area contributed by atoms with Crippen LogP contribution in [0.15, 0.2) is 0 Å². The molecule has 0 aromatic heterocycles. The van der Waals surface area contributed by atoms with E-state index in [2.05, 4.69) is 87.7 Å². The standard InChI is InChI=1S/3C4H10.C3H3NO3.C3H5NO2.C3H5NOS/c3*1-4(2)3;5-2-1-4-3(6)7-2;2*5-3-4-1-2-6-3/h3*4H,1-3H3;1H2,(H,4,6);2*1-2H2,(H,4,5). The Hall–Kier alpha value is -1.97. The molecule has 3 heterocycles. The minimum Gasteiger partial charge on any atom is -0.448 e. The maximum atomic E-state index is 10.1. The summed E-state index contributed by atoms with van der Waals surface area (Å²) in [5.41, 5.74) is 0. The highest BCUT2D eigenvalue weighted by Crippen LogP contribution is 2.04. The third-order valence-corrected chi connectivity index (χ3v) is 2.61. The van der Waals surface area contributed by atoms with Crippen LogP contribution in [-0.2, 0) is 14.3 Å². The van der Waals surface area contributed by atoms with E-state index in [0.717, 1.165) is 30.1 Å². The van der Waals surface area contributed by atoms with Crippen LogP contribution in [0.3, 0.4) is 0 Å². The molecule has 0 bridgehead atoms. The van der Waals surface area contributed by atoms with Crippen LogP contribution in [0.4, 0.5) is 14.4 Å². The number of carbonyl (C=O) groups excluding carboxylic acids is 4. The molecule has 3 N–H and O–H groups in total. The lowest BCUT2D eigenvalue weighted by atomic mass is 10.3. The van der Waals surface area contributed by atoms with Gasteiger partial charge in [0, 0.05) is 12.3 Å². The first-order valence-electron chi connectivity index (χ1n) is 10.6. The van der Waals surface area contributed by atoms with Crippen molar-refractivity contribution in [2.45, 2.75) is 62.3 Å². The zero-order chi connectivity index (χ0) is 24.8. The maximum Gasteiger partial charge on any atom is 0.415 e. The average molecular weight is 466 g/mol. The predicted molar refractivity (Wildman–Crippen MR) is 126 cm³/mol. The minimum atomic E-state index is -0.648. The van der Waals surface area contributed by atoms with E-state index in [9.17, 15) is 19.2 Å². The molecule has 0 unspecified atom stereocenters. The van der Waals surface area contributed by atoms with Gasteiger partial charge in [0.05, 0.1) is 6.54 Å². The molecule has 31 heavy (non-hydrogen) atoms. The second kappa shape index (κ2) is 22.7. The third-order valence-electron chi connectivity index (χ3n) is 1.79. The summed E-state index contributed by atoms with van der Waals surface area (Å²) in [6.45, 7) is 21.6. The molecule has 10 heteroatoms. The zero-order valence-corrected chi connectivity index (χ0v) is 21.4. The van der Waals surface area contributed by atoms with Crippen molar-refractivity contribution in [3.8, 4) is 0 Å². The summed E-state index contributed by atoms with van der Waals surface area (Å²) in [5.74, 6) is 2.93. The van der Waals surface area contributed by atoms with Crippen LogP contribution in [0, 0.1) is 17.8 Å². The highest BCUT2D eigenvalue weighted by Gasteiger charge is 2.17. The summed E-state index contributed by atoms with van der Waals surface area (Å²) in [6, 6.07) is 0. The highest BCUT2D eigenvalue weighted by molar-refractivity contribution is 8.13. The highest BCUT2D eigenvalue weighted by atomic mass is 32.2. The van der Waals surface area contributed by atoms with Crippen LogP contribution in [-0.4, -0.2) is 55.4 Å². The Kier molecular flexibility index (Phi) is 24.7. The third kappa shape index (κ3) is 42.9. The molecule has 0 spiro atoms. The second-order valence-electron chi connectivity index (χ2n) is 8.44. The topological polar surface area (TPSA) is 123 Å². The fraction of sp³-hybridized carbons (Fsp3) is 0.810. The number of esters is 1. The number of cyclic esters (lactones) is 3. The summed E-state index contributed by atoms with van der Waals surface area (Å²) in [7, 11) is 0. The number of amides is 3. The van der Waals surface area contributed by atoms with Crippen molar-refractivity contribution in [3.05, 3.63) is 0 Å². The number of hydrogen-bond acceptors (Lipinski definition) is 7. The smallest absolute Gasteiger partial charge is 0.415 e. The lowest BCUT2D eigenvalue weighted by Crippen LogP contribution is -2.12. The van der Waals surface area contributed by atoms with Gasteiger partial charge in [-0.25, -0.2) is 14.4 Å². The molecule has 0 saturated carbocycles. The Balaban J connectivity index is -0.000000309. The molecule has 0 atom stereocenters. The molecule has 0 aromatic carbocycles. The molecule has 0 radical (unpaired) electrons. The van der Waals surface area contributed by atoms with Crippen molar-refractivity contribution in [2.75, 3.05) is 32.0 Å².